The summed E-state index contributed by atoms with van der Waals surface area (Å²) in [6.45, 7) is 1.79. The predicted octanol–water partition coefficient (Wildman–Crippen LogP) is 2.91. The third-order valence-electron chi connectivity index (χ3n) is 4.23. The van der Waals surface area contributed by atoms with Gasteiger partial charge in [-0.15, -0.1) is 0 Å². The number of aryl methyl sites for hydroxylation is 1. The second-order valence-electron chi connectivity index (χ2n) is 5.38. The molecule has 0 amide bonds. The molecule has 0 spiro atoms. The van der Waals surface area contributed by atoms with E-state index >= 15 is 0 Å². The molecule has 0 radical (unpaired) electrons. The zero-order valence-electron chi connectivity index (χ0n) is 10.1. The number of rotatable bonds is 2. The first-order valence-corrected chi connectivity index (χ1v) is 6.48. The summed E-state index contributed by atoms with van der Waals surface area (Å²) in [5.74, 6) is 2.21. The fourth-order valence-corrected chi connectivity index (χ4v) is 3.29. The lowest BCUT2D eigenvalue weighted by Crippen LogP contribution is -2.40. The average molecular weight is 235 g/mol. The molecule has 17 heavy (non-hydrogen) atoms. The highest BCUT2D eigenvalue weighted by atomic mass is 19.1. The Balaban J connectivity index is 1.76. The Morgan fingerprint density at radius 1 is 1.29 bits per heavy atom. The van der Waals surface area contributed by atoms with Gasteiger partial charge >= 0.3 is 0 Å². The number of fused-ring (bicyclic) bond motifs is 3. The number of hydrogen-bond donors (Lipinski definition) is 1. The molecule has 4 heteroatoms. The van der Waals surface area contributed by atoms with Crippen molar-refractivity contribution < 1.29 is 4.39 Å². The third kappa shape index (κ3) is 2.13. The van der Waals surface area contributed by atoms with E-state index < -0.39 is 0 Å². The molecule has 3 aliphatic carbocycles. The van der Waals surface area contributed by atoms with Crippen molar-refractivity contribution in [1.82, 2.24) is 9.97 Å². The monoisotopic (exact) mass is 235 g/mol. The number of aromatic nitrogens is 2. The van der Waals surface area contributed by atoms with E-state index in [-0.39, 0.29) is 5.82 Å². The lowest BCUT2D eigenvalue weighted by molar-refractivity contribution is 0.157. The molecule has 1 N–H and O–H groups in total. The van der Waals surface area contributed by atoms with E-state index in [1.54, 1.807) is 6.92 Å². The van der Waals surface area contributed by atoms with Crippen molar-refractivity contribution in [2.45, 2.75) is 45.1 Å². The molecule has 92 valence electrons. The second kappa shape index (κ2) is 4.24. The highest BCUT2D eigenvalue weighted by molar-refractivity contribution is 5.36. The van der Waals surface area contributed by atoms with Crippen molar-refractivity contribution in [1.29, 1.82) is 0 Å². The minimum absolute atomic E-state index is 0.336. The van der Waals surface area contributed by atoms with Gasteiger partial charge in [0.1, 0.15) is 5.82 Å². The van der Waals surface area contributed by atoms with E-state index in [1.165, 1.54) is 38.3 Å². The molecule has 0 aromatic carbocycles. The van der Waals surface area contributed by atoms with Crippen LogP contribution in [0.3, 0.4) is 0 Å². The Bertz CT molecular complexity index is 413. The van der Waals surface area contributed by atoms with Gasteiger partial charge in [-0.2, -0.15) is 0 Å². The maximum absolute atomic E-state index is 13.6. The maximum Gasteiger partial charge on any atom is 0.183 e. The first kappa shape index (κ1) is 10.9. The quantitative estimate of drug-likeness (QED) is 0.856. The zero-order chi connectivity index (χ0) is 11.8. The van der Waals surface area contributed by atoms with E-state index in [0.717, 1.165) is 5.92 Å². The third-order valence-corrected chi connectivity index (χ3v) is 4.23. The van der Waals surface area contributed by atoms with Gasteiger partial charge in [-0.05, 0) is 38.0 Å². The molecule has 4 rings (SSSR count). The number of halogens is 1. The van der Waals surface area contributed by atoms with Crippen molar-refractivity contribution in [2.75, 3.05) is 5.32 Å². The van der Waals surface area contributed by atoms with Crippen LogP contribution in [-0.2, 0) is 0 Å². The summed E-state index contributed by atoms with van der Waals surface area (Å²) >= 11 is 0. The van der Waals surface area contributed by atoms with Gasteiger partial charge in [0.2, 0.25) is 0 Å². The molecule has 1 heterocycles. The molecular formula is C13H18FN3. The fraction of sp³-hybridized carbons (Fsp3) is 0.692. The van der Waals surface area contributed by atoms with Crippen LogP contribution in [0.1, 0.15) is 37.9 Å². The lowest BCUT2D eigenvalue weighted by Gasteiger charge is -2.42. The van der Waals surface area contributed by atoms with E-state index in [0.29, 0.717) is 23.6 Å². The van der Waals surface area contributed by atoms with Gasteiger partial charge in [0.15, 0.2) is 11.6 Å². The number of anilines is 1. The number of hydrogen-bond acceptors (Lipinski definition) is 3. The summed E-state index contributed by atoms with van der Waals surface area (Å²) in [4.78, 5) is 8.01. The van der Waals surface area contributed by atoms with E-state index in [9.17, 15) is 4.39 Å². The lowest BCUT2D eigenvalue weighted by atomic mass is 9.68. The second-order valence-corrected chi connectivity index (χ2v) is 5.38. The van der Waals surface area contributed by atoms with Gasteiger partial charge in [-0.25, -0.2) is 14.4 Å². The first-order chi connectivity index (χ1) is 8.22. The van der Waals surface area contributed by atoms with Crippen LogP contribution in [0, 0.1) is 24.6 Å². The van der Waals surface area contributed by atoms with Gasteiger partial charge in [-0.3, -0.25) is 0 Å². The van der Waals surface area contributed by atoms with E-state index in [1.807, 2.05) is 0 Å². The molecule has 1 unspecified atom stereocenters. The topological polar surface area (TPSA) is 37.8 Å². The molecule has 3 saturated carbocycles. The van der Waals surface area contributed by atoms with Crippen LogP contribution < -0.4 is 5.32 Å². The van der Waals surface area contributed by atoms with E-state index in [4.69, 9.17) is 0 Å². The Hall–Kier alpha value is -1.19. The van der Waals surface area contributed by atoms with Crippen LogP contribution in [0.2, 0.25) is 0 Å². The molecule has 3 nitrogen and oxygen atoms in total. The van der Waals surface area contributed by atoms with Crippen LogP contribution >= 0.6 is 0 Å². The normalized spacial score (nSPS) is 31.5. The zero-order valence-corrected chi connectivity index (χ0v) is 10.1. The Kier molecular flexibility index (Phi) is 2.73. The van der Waals surface area contributed by atoms with Gasteiger partial charge in [0, 0.05) is 6.04 Å². The summed E-state index contributed by atoms with van der Waals surface area (Å²) < 4.78 is 13.6. The Labute approximate surface area is 101 Å². The largest absolute Gasteiger partial charge is 0.365 e. The summed E-state index contributed by atoms with van der Waals surface area (Å²) in [7, 11) is 0. The molecule has 1 aromatic heterocycles. The minimum atomic E-state index is -0.336. The SMILES string of the molecule is Cc1ncc(F)c(NC2CC3CCC2CC3)n1. The predicted molar refractivity (Wildman–Crippen MR) is 64.2 cm³/mol. The molecule has 0 aliphatic heterocycles. The standard InChI is InChI=1S/C13H18FN3/c1-8-15-7-11(14)13(16-8)17-12-6-9-2-4-10(12)5-3-9/h7,9-10,12H,2-6H2,1H3,(H,15,16,17). The summed E-state index contributed by atoms with van der Waals surface area (Å²) in [6.07, 6.45) is 7.71. The van der Waals surface area contributed by atoms with E-state index in [2.05, 4.69) is 15.3 Å². The van der Waals surface area contributed by atoms with Crippen molar-refractivity contribution in [3.05, 3.63) is 17.8 Å². The molecule has 0 saturated heterocycles. The van der Waals surface area contributed by atoms with Gasteiger partial charge < -0.3 is 5.32 Å². The minimum Gasteiger partial charge on any atom is -0.365 e. The highest BCUT2D eigenvalue weighted by Gasteiger charge is 2.35. The molecule has 3 fully saturated rings. The molecule has 1 aromatic rings. The molecule has 1 atom stereocenters. The fourth-order valence-electron chi connectivity index (χ4n) is 3.29. The summed E-state index contributed by atoms with van der Waals surface area (Å²) in [6, 6.07) is 0.409. The Morgan fingerprint density at radius 2 is 2.06 bits per heavy atom. The van der Waals surface area contributed by atoms with Crippen molar-refractivity contribution in [2.24, 2.45) is 11.8 Å². The van der Waals surface area contributed by atoms with Crippen molar-refractivity contribution in [3.8, 4) is 0 Å². The van der Waals surface area contributed by atoms with Gasteiger partial charge in [0.25, 0.3) is 0 Å². The van der Waals surface area contributed by atoms with Crippen LogP contribution in [0.15, 0.2) is 6.20 Å². The maximum atomic E-state index is 13.6. The van der Waals surface area contributed by atoms with Crippen LogP contribution in [-0.4, -0.2) is 16.0 Å². The average Bonchev–Trinajstić information content (AvgIpc) is 2.35. The number of nitrogens with one attached hydrogen (secondary N) is 1. The van der Waals surface area contributed by atoms with Crippen molar-refractivity contribution in [3.63, 3.8) is 0 Å². The summed E-state index contributed by atoms with van der Waals surface area (Å²) in [5, 5.41) is 3.30. The highest BCUT2D eigenvalue weighted by Crippen LogP contribution is 2.42. The Morgan fingerprint density at radius 3 is 2.71 bits per heavy atom. The summed E-state index contributed by atoms with van der Waals surface area (Å²) in [5.41, 5.74) is 0. The molecule has 2 bridgehead atoms. The molecule has 3 aliphatic rings. The van der Waals surface area contributed by atoms with Crippen LogP contribution in [0.4, 0.5) is 10.2 Å². The first-order valence-electron chi connectivity index (χ1n) is 6.48. The smallest absolute Gasteiger partial charge is 0.183 e. The van der Waals surface area contributed by atoms with Crippen LogP contribution in [0.25, 0.3) is 0 Å². The van der Waals surface area contributed by atoms with Crippen molar-refractivity contribution >= 4 is 5.82 Å². The number of nitrogens with zero attached hydrogens (tertiary/aromatic N) is 2. The molecular weight excluding hydrogens is 217 g/mol. The van der Waals surface area contributed by atoms with Gasteiger partial charge in [0.05, 0.1) is 6.20 Å². The van der Waals surface area contributed by atoms with Gasteiger partial charge in [-0.1, -0.05) is 12.8 Å². The van der Waals surface area contributed by atoms with Crippen LogP contribution in [0.5, 0.6) is 0 Å².